The van der Waals surface area contributed by atoms with Crippen molar-refractivity contribution in [2.24, 2.45) is 5.92 Å². The molecule has 2 aromatic rings. The molecule has 1 aromatic carbocycles. The number of benzene rings is 1. The van der Waals surface area contributed by atoms with E-state index in [4.69, 9.17) is 0 Å². The van der Waals surface area contributed by atoms with Crippen LogP contribution in [-0.2, 0) is 0 Å². The van der Waals surface area contributed by atoms with E-state index in [-0.39, 0.29) is 17.9 Å². The van der Waals surface area contributed by atoms with E-state index in [1.54, 1.807) is 6.20 Å². The highest BCUT2D eigenvalue weighted by atomic mass is 19.1. The summed E-state index contributed by atoms with van der Waals surface area (Å²) in [5.41, 5.74) is 8.90. The molecule has 1 aliphatic rings. The maximum Gasteiger partial charge on any atom is 0.123 e. The number of halogens is 1. The van der Waals surface area contributed by atoms with Crippen molar-refractivity contribution in [3.63, 3.8) is 0 Å². The monoisotopic (exact) mass is 343 g/mol. The molecular formula is C19H26FN5. The van der Waals surface area contributed by atoms with Gasteiger partial charge in [0.2, 0.25) is 0 Å². The van der Waals surface area contributed by atoms with Gasteiger partial charge in [-0.05, 0) is 43.4 Å². The second kappa shape index (κ2) is 8.49. The molecule has 0 amide bonds. The molecule has 1 aliphatic heterocycles. The quantitative estimate of drug-likeness (QED) is 0.717. The Morgan fingerprint density at radius 3 is 2.76 bits per heavy atom. The highest BCUT2D eigenvalue weighted by Gasteiger charge is 2.28. The molecule has 0 aliphatic carbocycles. The number of pyridine rings is 1. The van der Waals surface area contributed by atoms with Crippen LogP contribution in [0.1, 0.15) is 23.2 Å². The molecule has 3 N–H and O–H groups in total. The lowest BCUT2D eigenvalue weighted by Gasteiger charge is -2.26. The summed E-state index contributed by atoms with van der Waals surface area (Å²) in [5, 5.41) is 3.59. The van der Waals surface area contributed by atoms with Crippen LogP contribution >= 0.6 is 0 Å². The average Bonchev–Trinajstić information content (AvgIpc) is 3.09. The zero-order valence-corrected chi connectivity index (χ0v) is 14.7. The van der Waals surface area contributed by atoms with Gasteiger partial charge in [0.25, 0.3) is 0 Å². The number of hydrogen-bond donors (Lipinski definition) is 3. The summed E-state index contributed by atoms with van der Waals surface area (Å²) in [5.74, 6) is 0.247. The fourth-order valence-corrected chi connectivity index (χ4v) is 3.33. The van der Waals surface area contributed by atoms with Gasteiger partial charge in [-0.1, -0.05) is 18.2 Å². The number of rotatable bonds is 7. The van der Waals surface area contributed by atoms with E-state index in [0.29, 0.717) is 5.92 Å². The molecule has 3 atom stereocenters. The van der Waals surface area contributed by atoms with Crippen molar-refractivity contribution >= 4 is 0 Å². The molecule has 25 heavy (non-hydrogen) atoms. The maximum absolute atomic E-state index is 13.2. The van der Waals surface area contributed by atoms with Crippen LogP contribution in [0.5, 0.6) is 0 Å². The van der Waals surface area contributed by atoms with E-state index in [2.05, 4.69) is 32.1 Å². The molecule has 1 fully saturated rings. The molecule has 0 bridgehead atoms. The molecule has 1 aromatic heterocycles. The highest BCUT2D eigenvalue weighted by molar-refractivity contribution is 5.20. The third kappa shape index (κ3) is 4.61. The predicted octanol–water partition coefficient (Wildman–Crippen LogP) is 1.88. The van der Waals surface area contributed by atoms with Crippen LogP contribution in [0.25, 0.3) is 0 Å². The van der Waals surface area contributed by atoms with Gasteiger partial charge >= 0.3 is 0 Å². The van der Waals surface area contributed by atoms with Crippen LogP contribution in [0.4, 0.5) is 4.39 Å². The van der Waals surface area contributed by atoms with E-state index in [1.807, 2.05) is 38.5 Å². The van der Waals surface area contributed by atoms with Crippen LogP contribution in [0, 0.1) is 11.7 Å². The van der Waals surface area contributed by atoms with Crippen LogP contribution in [0.2, 0.25) is 0 Å². The molecule has 1 saturated heterocycles. The first-order chi connectivity index (χ1) is 12.1. The van der Waals surface area contributed by atoms with Crippen molar-refractivity contribution in [3.8, 4) is 0 Å². The number of nitrogens with zero attached hydrogens (tertiary/aromatic N) is 2. The van der Waals surface area contributed by atoms with Gasteiger partial charge in [0, 0.05) is 44.0 Å². The highest BCUT2D eigenvalue weighted by Crippen LogP contribution is 2.24. The van der Waals surface area contributed by atoms with Crippen molar-refractivity contribution in [1.82, 2.24) is 26.1 Å². The molecule has 2 heterocycles. The molecule has 0 spiro atoms. The minimum atomic E-state index is -0.198. The van der Waals surface area contributed by atoms with Gasteiger partial charge in [-0.2, -0.15) is 0 Å². The Kier molecular flexibility index (Phi) is 6.09. The predicted molar refractivity (Wildman–Crippen MR) is 97.3 cm³/mol. The largest absolute Gasteiger partial charge is 0.314 e. The van der Waals surface area contributed by atoms with Gasteiger partial charge in [-0.15, -0.1) is 0 Å². The number of hydrazine groups is 1. The SMILES string of the molecule is CN(C)C(CNCC1CNNC1c1cccnc1)c1ccc(F)cc1. The number of likely N-dealkylation sites (N-methyl/N-ethyl adjacent to an activating group) is 1. The van der Waals surface area contributed by atoms with Gasteiger partial charge in [-0.25, -0.2) is 9.82 Å². The van der Waals surface area contributed by atoms with Crippen LogP contribution < -0.4 is 16.2 Å². The standard InChI is InChI=1S/C19H26FN5/c1-25(2)18(14-5-7-17(20)8-6-14)13-22-11-16-12-23-24-19(16)15-4-3-9-21-10-15/h3-10,16,18-19,22-24H,11-13H2,1-2H3. The molecule has 3 unspecified atom stereocenters. The second-order valence-electron chi connectivity index (χ2n) is 6.74. The summed E-state index contributed by atoms with van der Waals surface area (Å²) < 4.78 is 13.2. The minimum absolute atomic E-state index is 0.198. The van der Waals surface area contributed by atoms with E-state index >= 15 is 0 Å². The van der Waals surface area contributed by atoms with Crippen molar-refractivity contribution in [2.45, 2.75) is 12.1 Å². The molecule has 5 nitrogen and oxygen atoms in total. The Balaban J connectivity index is 1.57. The van der Waals surface area contributed by atoms with Crippen LogP contribution in [-0.4, -0.2) is 43.6 Å². The van der Waals surface area contributed by atoms with E-state index in [0.717, 1.165) is 25.2 Å². The van der Waals surface area contributed by atoms with Crippen molar-refractivity contribution < 1.29 is 4.39 Å². The van der Waals surface area contributed by atoms with Gasteiger partial charge < -0.3 is 10.2 Å². The third-order valence-electron chi connectivity index (χ3n) is 4.76. The zero-order valence-electron chi connectivity index (χ0n) is 14.7. The van der Waals surface area contributed by atoms with E-state index < -0.39 is 0 Å². The Morgan fingerprint density at radius 1 is 1.28 bits per heavy atom. The lowest BCUT2D eigenvalue weighted by molar-refractivity contribution is 0.282. The van der Waals surface area contributed by atoms with Crippen LogP contribution in [0.15, 0.2) is 48.8 Å². The van der Waals surface area contributed by atoms with Gasteiger partial charge in [-0.3, -0.25) is 10.4 Å². The molecule has 134 valence electrons. The summed E-state index contributed by atoms with van der Waals surface area (Å²) >= 11 is 0. The van der Waals surface area contributed by atoms with Crippen molar-refractivity contribution in [2.75, 3.05) is 33.7 Å². The summed E-state index contributed by atoms with van der Waals surface area (Å²) in [6.07, 6.45) is 3.71. The Bertz CT molecular complexity index is 647. The lowest BCUT2D eigenvalue weighted by Crippen LogP contribution is -2.35. The van der Waals surface area contributed by atoms with Gasteiger partial charge in [0.05, 0.1) is 6.04 Å². The van der Waals surface area contributed by atoms with Crippen LogP contribution in [0.3, 0.4) is 0 Å². The molecule has 3 rings (SSSR count). The number of hydrogen-bond acceptors (Lipinski definition) is 5. The molecular weight excluding hydrogens is 317 g/mol. The molecule has 0 radical (unpaired) electrons. The van der Waals surface area contributed by atoms with E-state index in [1.165, 1.54) is 17.7 Å². The summed E-state index contributed by atoms with van der Waals surface area (Å²) in [4.78, 5) is 6.37. The second-order valence-corrected chi connectivity index (χ2v) is 6.74. The van der Waals surface area contributed by atoms with Gasteiger partial charge in [0.1, 0.15) is 5.82 Å². The normalized spacial score (nSPS) is 21.6. The van der Waals surface area contributed by atoms with Gasteiger partial charge in [0.15, 0.2) is 0 Å². The Morgan fingerprint density at radius 2 is 2.08 bits per heavy atom. The van der Waals surface area contributed by atoms with Crippen molar-refractivity contribution in [3.05, 3.63) is 65.7 Å². The zero-order chi connectivity index (χ0) is 17.6. The Hall–Kier alpha value is -1.86. The molecule has 0 saturated carbocycles. The first kappa shape index (κ1) is 17.9. The minimum Gasteiger partial charge on any atom is -0.314 e. The summed E-state index contributed by atoms with van der Waals surface area (Å²) in [6.45, 7) is 2.62. The number of aromatic nitrogens is 1. The first-order valence-corrected chi connectivity index (χ1v) is 8.66. The smallest absolute Gasteiger partial charge is 0.123 e. The summed E-state index contributed by atoms with van der Waals surface area (Å²) in [6, 6.07) is 11.3. The summed E-state index contributed by atoms with van der Waals surface area (Å²) in [7, 11) is 4.10. The topological polar surface area (TPSA) is 52.2 Å². The third-order valence-corrected chi connectivity index (χ3v) is 4.76. The molecule has 6 heteroatoms. The van der Waals surface area contributed by atoms with Crippen molar-refractivity contribution in [1.29, 1.82) is 0 Å². The average molecular weight is 343 g/mol. The first-order valence-electron chi connectivity index (χ1n) is 8.66. The maximum atomic E-state index is 13.2. The lowest BCUT2D eigenvalue weighted by atomic mass is 9.96. The number of nitrogens with one attached hydrogen (secondary N) is 3. The Labute approximate surface area is 148 Å². The fourth-order valence-electron chi connectivity index (χ4n) is 3.33. The fraction of sp³-hybridized carbons (Fsp3) is 0.421. The van der Waals surface area contributed by atoms with E-state index in [9.17, 15) is 4.39 Å².